The van der Waals surface area contributed by atoms with Crippen LogP contribution in [0.15, 0.2) is 18.2 Å². The highest BCUT2D eigenvalue weighted by Crippen LogP contribution is 2.19. The molecular weight excluding hydrogens is 244 g/mol. The highest BCUT2D eigenvalue weighted by Gasteiger charge is 2.14. The smallest absolute Gasteiger partial charge is 0.339 e. The third-order valence-electron chi connectivity index (χ3n) is 2.57. The molecule has 5 nitrogen and oxygen atoms in total. The fourth-order valence-corrected chi connectivity index (χ4v) is 1.62. The highest BCUT2D eigenvalue weighted by molar-refractivity contribution is 6.01. The summed E-state index contributed by atoms with van der Waals surface area (Å²) in [5.41, 5.74) is 1.84. The predicted molar refractivity (Wildman–Crippen MR) is 74.4 cm³/mol. The summed E-state index contributed by atoms with van der Waals surface area (Å²) in [6.45, 7) is 5.73. The Morgan fingerprint density at radius 2 is 2.00 bits per heavy atom. The van der Waals surface area contributed by atoms with Gasteiger partial charge in [0, 0.05) is 6.04 Å². The minimum Gasteiger partial charge on any atom is -0.465 e. The van der Waals surface area contributed by atoms with Crippen LogP contribution in [-0.2, 0) is 11.2 Å². The van der Waals surface area contributed by atoms with Crippen LogP contribution in [0.1, 0.15) is 36.7 Å². The van der Waals surface area contributed by atoms with Crippen molar-refractivity contribution in [3.8, 4) is 0 Å². The molecule has 2 amide bonds. The molecule has 0 fully saturated rings. The zero-order chi connectivity index (χ0) is 14.4. The molecule has 0 saturated heterocycles. The van der Waals surface area contributed by atoms with Gasteiger partial charge in [0.15, 0.2) is 0 Å². The number of ether oxygens (including phenoxy) is 1. The van der Waals surface area contributed by atoms with Crippen molar-refractivity contribution in [3.05, 3.63) is 29.3 Å². The molecule has 0 radical (unpaired) electrons. The molecule has 0 aliphatic heterocycles. The molecule has 1 aromatic carbocycles. The number of nitrogens with one attached hydrogen (secondary N) is 2. The van der Waals surface area contributed by atoms with Crippen LogP contribution in [0.2, 0.25) is 0 Å². The molecule has 0 spiro atoms. The molecule has 0 bridgehead atoms. The number of rotatable bonds is 4. The SMILES string of the molecule is CCc1ccc(C(=O)OC)c(NC(=O)NC(C)C)c1. The fourth-order valence-electron chi connectivity index (χ4n) is 1.62. The summed E-state index contributed by atoms with van der Waals surface area (Å²) in [6, 6.07) is 4.98. The lowest BCUT2D eigenvalue weighted by molar-refractivity contribution is 0.0602. The van der Waals surface area contributed by atoms with Gasteiger partial charge in [-0.1, -0.05) is 13.0 Å². The molecule has 104 valence electrons. The summed E-state index contributed by atoms with van der Waals surface area (Å²) >= 11 is 0. The zero-order valence-electron chi connectivity index (χ0n) is 11.7. The van der Waals surface area contributed by atoms with E-state index in [0.29, 0.717) is 11.3 Å². The van der Waals surface area contributed by atoms with Crippen molar-refractivity contribution < 1.29 is 14.3 Å². The maximum atomic E-state index is 11.7. The van der Waals surface area contributed by atoms with Gasteiger partial charge in [-0.3, -0.25) is 0 Å². The van der Waals surface area contributed by atoms with Crippen LogP contribution in [0.25, 0.3) is 0 Å². The quantitative estimate of drug-likeness (QED) is 0.821. The van der Waals surface area contributed by atoms with E-state index < -0.39 is 5.97 Å². The summed E-state index contributed by atoms with van der Waals surface area (Å²) in [5.74, 6) is -0.470. The van der Waals surface area contributed by atoms with Crippen LogP contribution in [-0.4, -0.2) is 25.2 Å². The molecule has 0 aliphatic rings. The van der Waals surface area contributed by atoms with Gasteiger partial charge in [-0.15, -0.1) is 0 Å². The van der Waals surface area contributed by atoms with E-state index in [4.69, 9.17) is 4.74 Å². The largest absolute Gasteiger partial charge is 0.465 e. The Kier molecular flexibility index (Phi) is 5.36. The predicted octanol–water partition coefficient (Wildman–Crippen LogP) is 2.57. The van der Waals surface area contributed by atoms with E-state index in [9.17, 15) is 9.59 Å². The molecule has 1 aromatic rings. The fraction of sp³-hybridized carbons (Fsp3) is 0.429. The Morgan fingerprint density at radius 3 is 2.53 bits per heavy atom. The van der Waals surface area contributed by atoms with Gasteiger partial charge in [-0.05, 0) is 38.0 Å². The van der Waals surface area contributed by atoms with Gasteiger partial charge in [-0.2, -0.15) is 0 Å². The van der Waals surface area contributed by atoms with Crippen molar-refractivity contribution in [1.82, 2.24) is 5.32 Å². The van der Waals surface area contributed by atoms with Crippen molar-refractivity contribution in [3.63, 3.8) is 0 Å². The first kappa shape index (κ1) is 15.0. The molecular formula is C14H20N2O3. The van der Waals surface area contributed by atoms with Crippen molar-refractivity contribution in [2.24, 2.45) is 0 Å². The van der Waals surface area contributed by atoms with Crippen molar-refractivity contribution in [2.45, 2.75) is 33.2 Å². The van der Waals surface area contributed by atoms with Gasteiger partial charge in [0.1, 0.15) is 0 Å². The van der Waals surface area contributed by atoms with E-state index >= 15 is 0 Å². The molecule has 0 heterocycles. The molecule has 5 heteroatoms. The van der Waals surface area contributed by atoms with Gasteiger partial charge >= 0.3 is 12.0 Å². The minimum atomic E-state index is -0.470. The number of methoxy groups -OCH3 is 1. The Balaban J connectivity index is 3.01. The second-order valence-corrected chi connectivity index (χ2v) is 4.48. The molecule has 1 rings (SSSR count). The molecule has 19 heavy (non-hydrogen) atoms. The lowest BCUT2D eigenvalue weighted by atomic mass is 10.1. The Hall–Kier alpha value is -2.04. The van der Waals surface area contributed by atoms with Crippen molar-refractivity contribution in [1.29, 1.82) is 0 Å². The number of carbonyl (C=O) groups is 2. The second kappa shape index (κ2) is 6.78. The average molecular weight is 264 g/mol. The van der Waals surface area contributed by atoms with Gasteiger partial charge in [0.25, 0.3) is 0 Å². The van der Waals surface area contributed by atoms with Crippen LogP contribution in [0.4, 0.5) is 10.5 Å². The van der Waals surface area contributed by atoms with E-state index in [1.807, 2.05) is 26.8 Å². The van der Waals surface area contributed by atoms with Crippen LogP contribution in [0.5, 0.6) is 0 Å². The third kappa shape index (κ3) is 4.28. The van der Waals surface area contributed by atoms with E-state index in [1.54, 1.807) is 12.1 Å². The number of amides is 2. The topological polar surface area (TPSA) is 67.4 Å². The van der Waals surface area contributed by atoms with E-state index in [-0.39, 0.29) is 12.1 Å². The standard InChI is InChI=1S/C14H20N2O3/c1-5-10-6-7-11(13(17)19-4)12(8-10)16-14(18)15-9(2)3/h6-9H,5H2,1-4H3,(H2,15,16,18). The molecule has 0 atom stereocenters. The second-order valence-electron chi connectivity index (χ2n) is 4.48. The molecule has 0 aliphatic carbocycles. The highest BCUT2D eigenvalue weighted by atomic mass is 16.5. The first-order valence-electron chi connectivity index (χ1n) is 6.26. The first-order chi connectivity index (χ1) is 8.97. The summed E-state index contributed by atoms with van der Waals surface area (Å²) in [5, 5.41) is 5.39. The van der Waals surface area contributed by atoms with Crippen LogP contribution in [0.3, 0.4) is 0 Å². The average Bonchev–Trinajstić information content (AvgIpc) is 2.36. The molecule has 0 aromatic heterocycles. The maximum absolute atomic E-state index is 11.7. The van der Waals surface area contributed by atoms with Crippen LogP contribution < -0.4 is 10.6 Å². The van der Waals surface area contributed by atoms with Gasteiger partial charge < -0.3 is 15.4 Å². The first-order valence-corrected chi connectivity index (χ1v) is 6.26. The summed E-state index contributed by atoms with van der Waals surface area (Å²) in [4.78, 5) is 23.4. The molecule has 0 saturated carbocycles. The lowest BCUT2D eigenvalue weighted by Gasteiger charge is -2.13. The number of aryl methyl sites for hydroxylation is 1. The van der Waals surface area contributed by atoms with E-state index in [2.05, 4.69) is 10.6 Å². The number of anilines is 1. The Morgan fingerprint density at radius 1 is 1.32 bits per heavy atom. The Labute approximate surface area is 113 Å². The van der Waals surface area contributed by atoms with Gasteiger partial charge in [0.05, 0.1) is 18.4 Å². The van der Waals surface area contributed by atoms with E-state index in [0.717, 1.165) is 12.0 Å². The number of carbonyl (C=O) groups excluding carboxylic acids is 2. The van der Waals surface area contributed by atoms with Crippen LogP contribution in [0, 0.1) is 0 Å². The normalized spacial score (nSPS) is 10.2. The van der Waals surface area contributed by atoms with E-state index in [1.165, 1.54) is 7.11 Å². The number of hydrogen-bond acceptors (Lipinski definition) is 3. The lowest BCUT2D eigenvalue weighted by Crippen LogP contribution is -2.34. The zero-order valence-corrected chi connectivity index (χ0v) is 11.7. The Bertz CT molecular complexity index is 470. The van der Waals surface area contributed by atoms with Crippen molar-refractivity contribution >= 4 is 17.7 Å². The van der Waals surface area contributed by atoms with Gasteiger partial charge in [0.2, 0.25) is 0 Å². The number of benzene rings is 1. The number of esters is 1. The van der Waals surface area contributed by atoms with Crippen molar-refractivity contribution in [2.75, 3.05) is 12.4 Å². The monoisotopic (exact) mass is 264 g/mol. The minimum absolute atomic E-state index is 0.0240. The van der Waals surface area contributed by atoms with Crippen LogP contribution >= 0.6 is 0 Å². The summed E-state index contributed by atoms with van der Waals surface area (Å²) in [6.07, 6.45) is 0.821. The maximum Gasteiger partial charge on any atom is 0.339 e. The summed E-state index contributed by atoms with van der Waals surface area (Å²) < 4.78 is 4.70. The summed E-state index contributed by atoms with van der Waals surface area (Å²) in [7, 11) is 1.31. The number of hydrogen-bond donors (Lipinski definition) is 2. The van der Waals surface area contributed by atoms with Gasteiger partial charge in [-0.25, -0.2) is 9.59 Å². The molecule has 2 N–H and O–H groups in total. The molecule has 0 unspecified atom stereocenters. The number of urea groups is 1. The third-order valence-corrected chi connectivity index (χ3v) is 2.57.